The molecule has 0 saturated heterocycles. The Labute approximate surface area is 131 Å². The number of halogens is 1. The zero-order valence-electron chi connectivity index (χ0n) is 12.3. The summed E-state index contributed by atoms with van der Waals surface area (Å²) in [5.74, 6) is 0. The van der Waals surface area contributed by atoms with Crippen LogP contribution in [0, 0.1) is 5.41 Å². The lowest BCUT2D eigenvalue weighted by Crippen LogP contribution is -2.39. The maximum atomic E-state index is 12.6. The van der Waals surface area contributed by atoms with E-state index in [1.54, 1.807) is 25.4 Å². The van der Waals surface area contributed by atoms with Gasteiger partial charge in [-0.1, -0.05) is 13.8 Å². The van der Waals surface area contributed by atoms with Crippen molar-refractivity contribution < 1.29 is 8.42 Å². The van der Waals surface area contributed by atoms with Gasteiger partial charge in [0.15, 0.2) is 0 Å². The first kappa shape index (κ1) is 17.9. The Morgan fingerprint density at radius 2 is 2.10 bits per heavy atom. The third-order valence-corrected chi connectivity index (χ3v) is 5.15. The van der Waals surface area contributed by atoms with Gasteiger partial charge in [-0.3, -0.25) is 0 Å². The van der Waals surface area contributed by atoms with Crippen molar-refractivity contribution in [3.8, 4) is 0 Å². The van der Waals surface area contributed by atoms with Crippen LogP contribution in [0.15, 0.2) is 29.4 Å². The summed E-state index contributed by atoms with van der Waals surface area (Å²) in [5.41, 5.74) is 5.96. The van der Waals surface area contributed by atoms with Crippen LogP contribution in [0.3, 0.4) is 0 Å². The highest BCUT2D eigenvalue weighted by atomic mass is 35.5. The number of aromatic amines is 1. The van der Waals surface area contributed by atoms with Gasteiger partial charge in [0.1, 0.15) is 10.5 Å². The van der Waals surface area contributed by atoms with E-state index in [4.69, 9.17) is 5.73 Å². The van der Waals surface area contributed by atoms with Crippen molar-refractivity contribution in [2.24, 2.45) is 11.1 Å². The number of hydrogen-bond acceptors (Lipinski definition) is 4. The van der Waals surface area contributed by atoms with Crippen LogP contribution < -0.4 is 5.73 Å². The molecule has 0 spiro atoms. The Bertz CT molecular complexity index is 712. The SMILES string of the molecule is CN(CC(C)(C)CN)S(=O)(=O)c1c[nH]c2ncccc12.Cl. The Morgan fingerprint density at radius 1 is 1.43 bits per heavy atom. The lowest BCUT2D eigenvalue weighted by molar-refractivity contribution is 0.292. The molecule has 2 heterocycles. The average Bonchev–Trinajstić information content (AvgIpc) is 2.82. The van der Waals surface area contributed by atoms with Gasteiger partial charge >= 0.3 is 0 Å². The number of nitrogens with one attached hydrogen (secondary N) is 1. The van der Waals surface area contributed by atoms with E-state index < -0.39 is 10.0 Å². The summed E-state index contributed by atoms with van der Waals surface area (Å²) in [6, 6.07) is 3.46. The van der Waals surface area contributed by atoms with Gasteiger partial charge in [-0.05, 0) is 24.1 Å². The fraction of sp³-hybridized carbons (Fsp3) is 0.462. The van der Waals surface area contributed by atoms with E-state index in [0.717, 1.165) is 0 Å². The van der Waals surface area contributed by atoms with Gasteiger partial charge in [-0.25, -0.2) is 17.7 Å². The third-order valence-electron chi connectivity index (χ3n) is 3.30. The molecule has 0 aliphatic heterocycles. The van der Waals surface area contributed by atoms with Crippen LogP contribution in [0.4, 0.5) is 0 Å². The summed E-state index contributed by atoms with van der Waals surface area (Å²) in [6.07, 6.45) is 3.11. The van der Waals surface area contributed by atoms with Gasteiger partial charge in [0.05, 0.1) is 0 Å². The summed E-state index contributed by atoms with van der Waals surface area (Å²) < 4.78 is 26.6. The maximum Gasteiger partial charge on any atom is 0.245 e. The maximum absolute atomic E-state index is 12.6. The summed E-state index contributed by atoms with van der Waals surface area (Å²) in [5, 5.41) is 0.602. The van der Waals surface area contributed by atoms with Crippen LogP contribution in [0.5, 0.6) is 0 Å². The molecule has 0 aliphatic rings. The molecule has 2 rings (SSSR count). The number of pyridine rings is 1. The molecule has 21 heavy (non-hydrogen) atoms. The molecule has 0 fully saturated rings. The molecule has 0 aliphatic carbocycles. The highest BCUT2D eigenvalue weighted by Crippen LogP contribution is 2.25. The number of hydrogen-bond donors (Lipinski definition) is 2. The Hall–Kier alpha value is -1.15. The summed E-state index contributed by atoms with van der Waals surface area (Å²) in [6.45, 7) is 4.66. The van der Waals surface area contributed by atoms with Crippen molar-refractivity contribution in [1.29, 1.82) is 0 Å². The molecule has 0 bridgehead atoms. The third kappa shape index (κ3) is 3.55. The van der Waals surface area contributed by atoms with Crippen LogP contribution in [0.1, 0.15) is 13.8 Å². The molecule has 0 atom stereocenters. The quantitative estimate of drug-likeness (QED) is 0.869. The second-order valence-electron chi connectivity index (χ2n) is 5.68. The smallest absolute Gasteiger partial charge is 0.245 e. The van der Waals surface area contributed by atoms with E-state index in [2.05, 4.69) is 9.97 Å². The molecule has 3 N–H and O–H groups in total. The van der Waals surface area contributed by atoms with Gasteiger partial charge in [0.2, 0.25) is 10.0 Å². The molecule has 8 heteroatoms. The number of H-pyrrole nitrogens is 1. The molecular formula is C13H21ClN4O2S. The molecule has 0 unspecified atom stereocenters. The molecule has 0 aromatic carbocycles. The number of fused-ring (bicyclic) bond motifs is 1. The second kappa shape index (κ2) is 6.31. The number of nitrogens with zero attached hydrogens (tertiary/aromatic N) is 2. The lowest BCUT2D eigenvalue weighted by Gasteiger charge is -2.28. The van der Waals surface area contributed by atoms with Crippen LogP contribution in [-0.2, 0) is 10.0 Å². The largest absolute Gasteiger partial charge is 0.345 e. The van der Waals surface area contributed by atoms with E-state index in [1.807, 2.05) is 13.8 Å². The van der Waals surface area contributed by atoms with Gasteiger partial charge in [0, 0.05) is 31.4 Å². The minimum Gasteiger partial charge on any atom is -0.345 e. The Balaban J connectivity index is 0.00000220. The first-order valence-corrected chi connectivity index (χ1v) is 7.80. The first-order chi connectivity index (χ1) is 9.28. The van der Waals surface area contributed by atoms with E-state index >= 15 is 0 Å². The number of aromatic nitrogens is 2. The van der Waals surface area contributed by atoms with Gasteiger partial charge in [-0.2, -0.15) is 0 Å². The minimum atomic E-state index is -3.56. The predicted molar refractivity (Wildman–Crippen MR) is 86.0 cm³/mol. The fourth-order valence-electron chi connectivity index (χ4n) is 2.06. The predicted octanol–water partition coefficient (Wildman–Crippen LogP) is 1.59. The number of sulfonamides is 1. The molecule has 0 amide bonds. The highest BCUT2D eigenvalue weighted by Gasteiger charge is 2.29. The summed E-state index contributed by atoms with van der Waals surface area (Å²) in [7, 11) is -1.99. The molecule has 2 aromatic rings. The zero-order valence-corrected chi connectivity index (χ0v) is 14.0. The molecule has 118 valence electrons. The van der Waals surface area contributed by atoms with E-state index in [-0.39, 0.29) is 22.7 Å². The van der Waals surface area contributed by atoms with Crippen molar-refractivity contribution in [2.75, 3.05) is 20.1 Å². The van der Waals surface area contributed by atoms with E-state index in [1.165, 1.54) is 10.5 Å². The normalized spacial score (nSPS) is 12.6. The molecule has 0 radical (unpaired) electrons. The van der Waals surface area contributed by atoms with E-state index in [9.17, 15) is 8.42 Å². The minimum absolute atomic E-state index is 0. The molecule has 2 aromatic heterocycles. The van der Waals surface area contributed by atoms with E-state index in [0.29, 0.717) is 24.1 Å². The van der Waals surface area contributed by atoms with Crippen LogP contribution >= 0.6 is 12.4 Å². The molecule has 0 saturated carbocycles. The van der Waals surface area contributed by atoms with Crippen molar-refractivity contribution in [2.45, 2.75) is 18.7 Å². The van der Waals surface area contributed by atoms with Crippen molar-refractivity contribution in [1.82, 2.24) is 14.3 Å². The van der Waals surface area contributed by atoms with Gasteiger partial charge in [-0.15, -0.1) is 12.4 Å². The first-order valence-electron chi connectivity index (χ1n) is 6.36. The average molecular weight is 333 g/mol. The molecule has 6 nitrogen and oxygen atoms in total. The fourth-order valence-corrected chi connectivity index (χ4v) is 3.57. The zero-order chi connectivity index (χ0) is 15.0. The van der Waals surface area contributed by atoms with Gasteiger partial charge in [0.25, 0.3) is 0 Å². The lowest BCUT2D eigenvalue weighted by atomic mass is 9.94. The van der Waals surface area contributed by atoms with Crippen LogP contribution in [0.25, 0.3) is 11.0 Å². The van der Waals surface area contributed by atoms with Gasteiger partial charge < -0.3 is 10.7 Å². The van der Waals surface area contributed by atoms with Crippen molar-refractivity contribution >= 4 is 33.5 Å². The van der Waals surface area contributed by atoms with Crippen molar-refractivity contribution in [3.05, 3.63) is 24.5 Å². The standard InChI is InChI=1S/C13H20N4O2S.ClH/c1-13(2,8-14)9-17(3)20(18,19)11-7-16-12-10(11)5-4-6-15-12;/h4-7H,8-9,14H2,1-3H3,(H,15,16);1H. The van der Waals surface area contributed by atoms with Crippen LogP contribution in [-0.4, -0.2) is 42.8 Å². The van der Waals surface area contributed by atoms with Crippen molar-refractivity contribution in [3.63, 3.8) is 0 Å². The molecular weight excluding hydrogens is 312 g/mol. The number of rotatable bonds is 5. The summed E-state index contributed by atoms with van der Waals surface area (Å²) >= 11 is 0. The Kier molecular flexibility index (Phi) is 5.38. The Morgan fingerprint density at radius 3 is 2.71 bits per heavy atom. The second-order valence-corrected chi connectivity index (χ2v) is 7.70. The highest BCUT2D eigenvalue weighted by molar-refractivity contribution is 7.89. The topological polar surface area (TPSA) is 92.1 Å². The van der Waals surface area contributed by atoms with Crippen LogP contribution in [0.2, 0.25) is 0 Å². The number of nitrogens with two attached hydrogens (primary N) is 1. The summed E-state index contributed by atoms with van der Waals surface area (Å²) in [4.78, 5) is 7.24. The monoisotopic (exact) mass is 332 g/mol.